The lowest BCUT2D eigenvalue weighted by atomic mass is 9.86. The zero-order chi connectivity index (χ0) is 24.4. The summed E-state index contributed by atoms with van der Waals surface area (Å²) in [6.07, 6.45) is 1.83. The molecule has 4 heterocycles. The fraction of sp³-hybridized carbons (Fsp3) is 0.500. The number of benzene rings is 2. The molecule has 4 aliphatic rings. The number of piperidine rings is 3. The molecule has 1 unspecified atom stereocenters. The number of para-hydroxylation sites is 1. The van der Waals surface area contributed by atoms with E-state index < -0.39 is 5.54 Å². The van der Waals surface area contributed by atoms with Gasteiger partial charge in [-0.2, -0.15) is 0 Å². The molecule has 2 aromatic carbocycles. The van der Waals surface area contributed by atoms with Crippen molar-refractivity contribution >= 4 is 17.7 Å². The molecule has 2 amide bonds. The predicted molar refractivity (Wildman–Crippen MR) is 137 cm³/mol. The van der Waals surface area contributed by atoms with Crippen LogP contribution < -0.4 is 10.2 Å². The molecule has 1 atom stereocenters. The van der Waals surface area contributed by atoms with E-state index >= 15 is 0 Å². The zero-order valence-corrected chi connectivity index (χ0v) is 20.8. The van der Waals surface area contributed by atoms with Crippen LogP contribution in [0.25, 0.3) is 0 Å². The Hall–Kier alpha value is -3.06. The normalized spacial score (nSPS) is 24.2. The lowest BCUT2D eigenvalue weighted by molar-refractivity contribution is -0.0349. The van der Waals surface area contributed by atoms with Crippen molar-refractivity contribution < 1.29 is 14.3 Å². The molecule has 4 saturated heterocycles. The van der Waals surface area contributed by atoms with Crippen molar-refractivity contribution in [3.8, 4) is 0 Å². The van der Waals surface area contributed by atoms with Crippen LogP contribution in [0.2, 0.25) is 0 Å². The number of carbonyl (C=O) groups is 2. The number of anilines is 1. The maximum Gasteiger partial charge on any atom is 0.408 e. The Kier molecular flexibility index (Phi) is 6.69. The van der Waals surface area contributed by atoms with Crippen molar-refractivity contribution in [2.75, 3.05) is 50.7 Å². The number of ether oxygens (including phenoxy) is 1. The monoisotopic (exact) mass is 476 g/mol. The van der Waals surface area contributed by atoms with E-state index in [2.05, 4.69) is 27.2 Å². The topological polar surface area (TPSA) is 65.1 Å². The van der Waals surface area contributed by atoms with Crippen molar-refractivity contribution in [2.24, 2.45) is 5.92 Å². The summed E-state index contributed by atoms with van der Waals surface area (Å²) in [6, 6.07) is 17.9. The van der Waals surface area contributed by atoms with Crippen molar-refractivity contribution in [1.82, 2.24) is 15.1 Å². The van der Waals surface area contributed by atoms with Crippen LogP contribution in [0.4, 0.5) is 10.5 Å². The van der Waals surface area contributed by atoms with Crippen LogP contribution in [0.5, 0.6) is 0 Å². The van der Waals surface area contributed by atoms with Crippen LogP contribution in [0.1, 0.15) is 42.6 Å². The predicted octanol–water partition coefficient (Wildman–Crippen LogP) is 3.70. The number of nitrogens with zero attached hydrogens (tertiary/aromatic N) is 3. The van der Waals surface area contributed by atoms with Crippen molar-refractivity contribution in [1.29, 1.82) is 0 Å². The molecule has 35 heavy (non-hydrogen) atoms. The highest BCUT2D eigenvalue weighted by Crippen LogP contribution is 2.30. The number of piperazine rings is 1. The van der Waals surface area contributed by atoms with Crippen molar-refractivity contribution in [3.63, 3.8) is 0 Å². The first-order chi connectivity index (χ1) is 16.9. The van der Waals surface area contributed by atoms with Crippen LogP contribution in [-0.2, 0) is 10.3 Å². The van der Waals surface area contributed by atoms with Gasteiger partial charge in [0.15, 0.2) is 0 Å². The van der Waals surface area contributed by atoms with Crippen LogP contribution >= 0.6 is 0 Å². The van der Waals surface area contributed by atoms with E-state index in [1.54, 1.807) is 0 Å². The lowest BCUT2D eigenvalue weighted by Crippen LogP contribution is -2.53. The van der Waals surface area contributed by atoms with E-state index in [1.807, 2.05) is 61.2 Å². The van der Waals surface area contributed by atoms with Gasteiger partial charge in [-0.3, -0.25) is 9.69 Å². The number of rotatable bonds is 5. The summed E-state index contributed by atoms with van der Waals surface area (Å²) < 4.78 is 5.81. The van der Waals surface area contributed by atoms with Gasteiger partial charge in [0.05, 0.1) is 5.54 Å². The summed E-state index contributed by atoms with van der Waals surface area (Å²) in [5, 5.41) is 3.03. The van der Waals surface area contributed by atoms with Crippen molar-refractivity contribution in [3.05, 3.63) is 65.7 Å². The van der Waals surface area contributed by atoms with E-state index in [9.17, 15) is 9.59 Å². The Morgan fingerprint density at radius 2 is 1.54 bits per heavy atom. The number of alkyl carbamates (subject to hydrolysis) is 1. The van der Waals surface area contributed by atoms with E-state index in [1.165, 1.54) is 5.69 Å². The van der Waals surface area contributed by atoms with Crippen LogP contribution in [0.3, 0.4) is 0 Å². The molecule has 7 nitrogen and oxygen atoms in total. The molecule has 0 aliphatic carbocycles. The van der Waals surface area contributed by atoms with E-state index in [0.717, 1.165) is 51.1 Å². The number of amides is 2. The molecule has 0 radical (unpaired) electrons. The average Bonchev–Trinajstić information content (AvgIpc) is 2.89. The lowest BCUT2D eigenvalue weighted by Gasteiger charge is -2.44. The molecule has 0 aromatic heterocycles. The first-order valence-electron chi connectivity index (χ1n) is 12.8. The molecule has 186 valence electrons. The number of nitrogens with one attached hydrogen (secondary N) is 1. The minimum Gasteiger partial charge on any atom is -0.445 e. The number of fused-ring (bicyclic) bond motifs is 3. The second-order valence-electron chi connectivity index (χ2n) is 10.5. The smallest absolute Gasteiger partial charge is 0.408 e. The van der Waals surface area contributed by atoms with Gasteiger partial charge in [-0.15, -0.1) is 0 Å². The van der Waals surface area contributed by atoms with Gasteiger partial charge in [-0.25, -0.2) is 4.79 Å². The first kappa shape index (κ1) is 23.7. The van der Waals surface area contributed by atoms with E-state index in [0.29, 0.717) is 24.6 Å². The van der Waals surface area contributed by atoms with Gasteiger partial charge in [0, 0.05) is 44.0 Å². The minimum absolute atomic E-state index is 0.0179. The molecule has 2 aromatic rings. The molecule has 6 rings (SSSR count). The molecule has 0 spiro atoms. The quantitative estimate of drug-likeness (QED) is 0.713. The highest BCUT2D eigenvalue weighted by molar-refractivity contribution is 5.94. The van der Waals surface area contributed by atoms with Gasteiger partial charge in [0.1, 0.15) is 6.10 Å². The van der Waals surface area contributed by atoms with Gasteiger partial charge >= 0.3 is 6.09 Å². The number of hydrogen-bond donors (Lipinski definition) is 1. The third kappa shape index (κ3) is 5.30. The van der Waals surface area contributed by atoms with Crippen LogP contribution in [0, 0.1) is 5.92 Å². The van der Waals surface area contributed by atoms with Gasteiger partial charge in [0.25, 0.3) is 5.91 Å². The standard InChI is InChI=1S/C28H36N4O3/c1-28(2,29-27(34)35-25-20-30-14-12-21(25)13-15-30)23-10-8-22(9-11-23)26(33)32-18-16-31(17-19-32)24-6-4-3-5-7-24/h3-11,21,25H,12-20H2,1-2H3,(H,29,34). The summed E-state index contributed by atoms with van der Waals surface area (Å²) in [6.45, 7) is 10.1. The summed E-state index contributed by atoms with van der Waals surface area (Å²) >= 11 is 0. The molecule has 7 heteroatoms. The molecular weight excluding hydrogens is 440 g/mol. The Morgan fingerprint density at radius 3 is 2.14 bits per heavy atom. The van der Waals surface area contributed by atoms with Gasteiger partial charge < -0.3 is 19.9 Å². The maximum atomic E-state index is 13.1. The Labute approximate surface area is 208 Å². The Balaban J connectivity index is 1.15. The molecule has 1 N–H and O–H groups in total. The maximum absolute atomic E-state index is 13.1. The fourth-order valence-corrected chi connectivity index (χ4v) is 5.56. The van der Waals surface area contributed by atoms with Gasteiger partial charge in [0.2, 0.25) is 0 Å². The molecule has 4 aliphatic heterocycles. The molecule has 0 saturated carbocycles. The summed E-state index contributed by atoms with van der Waals surface area (Å²) in [5.74, 6) is 0.533. The van der Waals surface area contributed by atoms with Gasteiger partial charge in [-0.05, 0) is 75.5 Å². The summed E-state index contributed by atoms with van der Waals surface area (Å²) in [7, 11) is 0. The SMILES string of the molecule is CC(C)(NC(=O)OC1CN2CCC1CC2)c1ccc(C(=O)N2CCN(c3ccccc3)CC2)cc1. The molecular formula is C28H36N4O3. The van der Waals surface area contributed by atoms with Crippen LogP contribution in [0.15, 0.2) is 54.6 Å². The van der Waals surface area contributed by atoms with Crippen molar-refractivity contribution in [2.45, 2.75) is 38.3 Å². The Morgan fingerprint density at radius 1 is 0.886 bits per heavy atom. The summed E-state index contributed by atoms with van der Waals surface area (Å²) in [4.78, 5) is 32.4. The first-order valence-corrected chi connectivity index (χ1v) is 12.8. The largest absolute Gasteiger partial charge is 0.445 e. The number of hydrogen-bond acceptors (Lipinski definition) is 5. The second kappa shape index (κ2) is 9.90. The summed E-state index contributed by atoms with van der Waals surface area (Å²) in [5.41, 5.74) is 2.21. The third-order valence-corrected chi connectivity index (χ3v) is 7.81. The van der Waals surface area contributed by atoms with Crippen LogP contribution in [-0.4, -0.2) is 73.7 Å². The third-order valence-electron chi connectivity index (χ3n) is 7.81. The zero-order valence-electron chi connectivity index (χ0n) is 20.8. The number of carbonyl (C=O) groups excluding carboxylic acids is 2. The minimum atomic E-state index is -0.603. The molecule has 2 bridgehead atoms. The Bertz CT molecular complexity index is 1020. The average molecular weight is 477 g/mol. The molecule has 4 fully saturated rings. The second-order valence-corrected chi connectivity index (χ2v) is 10.5. The fourth-order valence-electron chi connectivity index (χ4n) is 5.56. The van der Waals surface area contributed by atoms with E-state index in [4.69, 9.17) is 4.74 Å². The highest BCUT2D eigenvalue weighted by atomic mass is 16.6. The van der Waals surface area contributed by atoms with E-state index in [-0.39, 0.29) is 18.1 Å². The van der Waals surface area contributed by atoms with Gasteiger partial charge in [-0.1, -0.05) is 30.3 Å². The highest BCUT2D eigenvalue weighted by Gasteiger charge is 2.37.